The van der Waals surface area contributed by atoms with E-state index in [1.165, 1.54) is 18.3 Å². The number of alkyl halides is 3. The Labute approximate surface area is 159 Å². The van der Waals surface area contributed by atoms with Crippen LogP contribution >= 0.6 is 0 Å². The van der Waals surface area contributed by atoms with Crippen LogP contribution in [0.25, 0.3) is 0 Å². The largest absolute Gasteiger partial charge is 0.489 e. The zero-order chi connectivity index (χ0) is 20.3. The number of primary amides is 1. The van der Waals surface area contributed by atoms with Gasteiger partial charge >= 0.3 is 6.18 Å². The molecule has 6 nitrogen and oxygen atoms in total. The van der Waals surface area contributed by atoms with Gasteiger partial charge in [-0.25, -0.2) is 4.98 Å². The second kappa shape index (κ2) is 7.87. The fourth-order valence-electron chi connectivity index (χ4n) is 3.12. The Balaban J connectivity index is 1.69. The van der Waals surface area contributed by atoms with E-state index in [2.05, 4.69) is 4.98 Å². The van der Waals surface area contributed by atoms with E-state index in [0.717, 1.165) is 18.6 Å². The van der Waals surface area contributed by atoms with Crippen LogP contribution in [0, 0.1) is 0 Å². The molecule has 1 atom stereocenters. The van der Waals surface area contributed by atoms with E-state index < -0.39 is 17.6 Å². The van der Waals surface area contributed by atoms with E-state index in [-0.39, 0.29) is 35.6 Å². The molecule has 2 N–H and O–H groups in total. The molecule has 0 bridgehead atoms. The molecule has 1 saturated heterocycles. The number of ether oxygens (including phenoxy) is 1. The second-order valence-corrected chi connectivity index (χ2v) is 6.40. The van der Waals surface area contributed by atoms with Crippen molar-refractivity contribution in [1.82, 2.24) is 9.88 Å². The molecule has 0 saturated carbocycles. The molecule has 1 unspecified atom stereocenters. The topological polar surface area (TPSA) is 85.5 Å². The summed E-state index contributed by atoms with van der Waals surface area (Å²) in [5.74, 6) is -0.857. The maximum atomic E-state index is 12.7. The van der Waals surface area contributed by atoms with Gasteiger partial charge < -0.3 is 15.4 Å². The first-order valence-corrected chi connectivity index (χ1v) is 8.63. The highest BCUT2D eigenvalue weighted by Crippen LogP contribution is 2.30. The number of rotatable bonds is 5. The Morgan fingerprint density at radius 1 is 1.21 bits per heavy atom. The third kappa shape index (κ3) is 4.24. The first kappa shape index (κ1) is 19.7. The van der Waals surface area contributed by atoms with Crippen molar-refractivity contribution in [3.05, 3.63) is 59.4 Å². The van der Waals surface area contributed by atoms with E-state index in [9.17, 15) is 22.8 Å². The number of carbonyl (C=O) groups excluding carboxylic acids is 2. The van der Waals surface area contributed by atoms with Crippen LogP contribution in [0.3, 0.4) is 0 Å². The van der Waals surface area contributed by atoms with Gasteiger partial charge in [0.2, 0.25) is 0 Å². The molecule has 0 spiro atoms. The number of nitrogens with two attached hydrogens (primary N) is 1. The molecular formula is C19H18F3N3O3. The summed E-state index contributed by atoms with van der Waals surface area (Å²) in [6.45, 7) is 0.599. The summed E-state index contributed by atoms with van der Waals surface area (Å²) in [4.78, 5) is 29.6. The normalized spacial score (nSPS) is 16.8. The number of carbonyl (C=O) groups is 2. The number of halogens is 3. The van der Waals surface area contributed by atoms with Crippen molar-refractivity contribution in [2.75, 3.05) is 13.2 Å². The number of amides is 2. The van der Waals surface area contributed by atoms with Crippen molar-refractivity contribution in [3.63, 3.8) is 0 Å². The Morgan fingerprint density at radius 3 is 2.57 bits per heavy atom. The molecule has 28 heavy (non-hydrogen) atoms. The van der Waals surface area contributed by atoms with Gasteiger partial charge in [0, 0.05) is 18.3 Å². The lowest BCUT2D eigenvalue weighted by atomic mass is 10.1. The number of pyridine rings is 1. The van der Waals surface area contributed by atoms with Crippen LogP contribution in [-0.4, -0.2) is 40.9 Å². The molecule has 3 rings (SSSR count). The van der Waals surface area contributed by atoms with Crippen molar-refractivity contribution in [3.8, 4) is 5.75 Å². The Bertz CT molecular complexity index is 869. The fourth-order valence-corrected chi connectivity index (χ4v) is 3.12. The molecule has 2 amide bonds. The van der Waals surface area contributed by atoms with Crippen molar-refractivity contribution in [2.24, 2.45) is 5.73 Å². The molecule has 1 aromatic heterocycles. The van der Waals surface area contributed by atoms with Crippen LogP contribution in [0.4, 0.5) is 13.2 Å². The van der Waals surface area contributed by atoms with E-state index in [0.29, 0.717) is 13.0 Å². The molecular weight excluding hydrogens is 375 g/mol. The molecule has 1 aliphatic heterocycles. The highest BCUT2D eigenvalue weighted by Gasteiger charge is 2.32. The third-order valence-corrected chi connectivity index (χ3v) is 4.53. The van der Waals surface area contributed by atoms with Crippen LogP contribution in [-0.2, 0) is 6.18 Å². The summed E-state index contributed by atoms with van der Waals surface area (Å²) < 4.78 is 43.7. The third-order valence-electron chi connectivity index (χ3n) is 4.53. The van der Waals surface area contributed by atoms with Crippen LogP contribution in [0.15, 0.2) is 42.6 Å². The van der Waals surface area contributed by atoms with Gasteiger partial charge in [0.05, 0.1) is 11.6 Å². The Morgan fingerprint density at radius 2 is 1.93 bits per heavy atom. The minimum Gasteiger partial charge on any atom is -0.489 e. The highest BCUT2D eigenvalue weighted by molar-refractivity contribution is 5.95. The summed E-state index contributed by atoms with van der Waals surface area (Å²) in [6, 6.07) is 7.02. The molecule has 0 radical (unpaired) electrons. The van der Waals surface area contributed by atoms with Crippen LogP contribution < -0.4 is 10.5 Å². The predicted octanol–water partition coefficient (Wildman–Crippen LogP) is 2.88. The SMILES string of the molecule is NC(=O)c1ncccc1OCC1CCCN1C(=O)c1ccc(C(F)(F)F)cc1. The fraction of sp³-hybridized carbons (Fsp3) is 0.316. The minimum absolute atomic E-state index is 0.00103. The quantitative estimate of drug-likeness (QED) is 0.847. The summed E-state index contributed by atoms with van der Waals surface area (Å²) in [7, 11) is 0. The summed E-state index contributed by atoms with van der Waals surface area (Å²) >= 11 is 0. The van der Waals surface area contributed by atoms with Crippen LogP contribution in [0.1, 0.15) is 39.3 Å². The number of hydrogen-bond donors (Lipinski definition) is 1. The molecule has 1 aliphatic rings. The summed E-state index contributed by atoms with van der Waals surface area (Å²) in [5, 5.41) is 0. The van der Waals surface area contributed by atoms with Crippen LogP contribution in [0.2, 0.25) is 0 Å². The van der Waals surface area contributed by atoms with Gasteiger partial charge in [0.15, 0.2) is 11.4 Å². The van der Waals surface area contributed by atoms with Crippen LogP contribution in [0.5, 0.6) is 5.75 Å². The van der Waals surface area contributed by atoms with Gasteiger partial charge in [0.25, 0.3) is 11.8 Å². The lowest BCUT2D eigenvalue weighted by Gasteiger charge is -2.25. The average Bonchev–Trinajstić information content (AvgIpc) is 3.14. The Hall–Kier alpha value is -3.10. The van der Waals surface area contributed by atoms with Gasteiger partial charge in [0.1, 0.15) is 6.61 Å². The van der Waals surface area contributed by atoms with E-state index in [1.807, 2.05) is 0 Å². The molecule has 148 valence electrons. The zero-order valence-corrected chi connectivity index (χ0v) is 14.8. The van der Waals surface area contributed by atoms with Gasteiger partial charge in [-0.3, -0.25) is 9.59 Å². The maximum absolute atomic E-state index is 12.7. The predicted molar refractivity (Wildman–Crippen MR) is 93.8 cm³/mol. The van der Waals surface area contributed by atoms with Gasteiger partial charge in [-0.15, -0.1) is 0 Å². The lowest BCUT2D eigenvalue weighted by molar-refractivity contribution is -0.137. The zero-order valence-electron chi connectivity index (χ0n) is 14.8. The van der Waals surface area contributed by atoms with Gasteiger partial charge in [-0.2, -0.15) is 13.2 Å². The molecule has 0 aliphatic carbocycles. The average molecular weight is 393 g/mol. The van der Waals surface area contributed by atoms with E-state index in [1.54, 1.807) is 17.0 Å². The number of aromatic nitrogens is 1. The summed E-state index contributed by atoms with van der Waals surface area (Å²) in [5.41, 5.74) is 4.64. The molecule has 2 heterocycles. The van der Waals surface area contributed by atoms with Gasteiger partial charge in [-0.1, -0.05) is 0 Å². The first-order chi connectivity index (χ1) is 13.3. The monoisotopic (exact) mass is 393 g/mol. The van der Waals surface area contributed by atoms with Crippen molar-refractivity contribution in [2.45, 2.75) is 25.1 Å². The maximum Gasteiger partial charge on any atom is 0.416 e. The Kier molecular flexibility index (Phi) is 5.53. The number of nitrogens with zero attached hydrogens (tertiary/aromatic N) is 2. The van der Waals surface area contributed by atoms with Crippen molar-refractivity contribution in [1.29, 1.82) is 0 Å². The summed E-state index contributed by atoms with van der Waals surface area (Å²) in [6.07, 6.45) is -1.61. The molecule has 1 aromatic carbocycles. The first-order valence-electron chi connectivity index (χ1n) is 8.63. The van der Waals surface area contributed by atoms with Crippen molar-refractivity contribution < 1.29 is 27.5 Å². The highest BCUT2D eigenvalue weighted by atomic mass is 19.4. The molecule has 1 fully saturated rings. The van der Waals surface area contributed by atoms with Crippen molar-refractivity contribution >= 4 is 11.8 Å². The number of hydrogen-bond acceptors (Lipinski definition) is 4. The van der Waals surface area contributed by atoms with E-state index >= 15 is 0 Å². The standard InChI is InChI=1S/C19H18F3N3O3/c20-19(21,22)13-7-5-12(6-8-13)18(27)25-10-2-3-14(25)11-28-15-4-1-9-24-16(15)17(23)26/h1,4-9,14H,2-3,10-11H2,(H2,23,26). The van der Waals surface area contributed by atoms with E-state index in [4.69, 9.17) is 10.5 Å². The molecule has 9 heteroatoms. The lowest BCUT2D eigenvalue weighted by Crippen LogP contribution is -2.39. The minimum atomic E-state index is -4.45. The second-order valence-electron chi connectivity index (χ2n) is 6.40. The van der Waals surface area contributed by atoms with Gasteiger partial charge in [-0.05, 0) is 49.2 Å². The smallest absolute Gasteiger partial charge is 0.416 e. The number of benzene rings is 1. The molecule has 2 aromatic rings. The number of likely N-dealkylation sites (tertiary alicyclic amines) is 1.